The molecule has 5 aliphatic carbocycles. The lowest BCUT2D eigenvalue weighted by molar-refractivity contribution is -0.178. The fraction of sp³-hybridized carbons (Fsp3) is 0.424. The Labute approximate surface area is 457 Å². The SMILES string of the molecule is CCOCCCNCc1cccc(-c2cc(O)cc3ccc(C4(C(=O)OC5CC(OC(C)=O)C6Cc7cc(OC)c(O)cc7C7CC(O)C8Cc9cc(O)c(OC)cc9C(C5)C8C76C=Cc5ccccc5)CCCC4)cc23)c1. The van der Waals surface area contributed by atoms with Crippen molar-refractivity contribution in [1.29, 1.82) is 0 Å². The number of ether oxygens (including phenoxy) is 5. The van der Waals surface area contributed by atoms with Gasteiger partial charge in [0.2, 0.25) is 0 Å². The molecule has 12 heteroatoms. The van der Waals surface area contributed by atoms with Gasteiger partial charge in [-0.1, -0.05) is 85.7 Å². The molecular weight excluding hydrogens is 983 g/mol. The van der Waals surface area contributed by atoms with Crippen LogP contribution in [0.5, 0.6) is 28.7 Å². The molecule has 9 atom stereocenters. The van der Waals surface area contributed by atoms with Gasteiger partial charge < -0.3 is 49.4 Å². The molecular formula is C66H73NO11. The van der Waals surface area contributed by atoms with Gasteiger partial charge >= 0.3 is 11.9 Å². The number of hydrogen-bond donors (Lipinski definition) is 5. The number of hydrogen-bond acceptors (Lipinski definition) is 12. The van der Waals surface area contributed by atoms with Crippen molar-refractivity contribution in [2.45, 2.75) is 120 Å². The van der Waals surface area contributed by atoms with Crippen LogP contribution in [0.15, 0.2) is 115 Å². The van der Waals surface area contributed by atoms with E-state index in [2.05, 4.69) is 53.9 Å². The van der Waals surface area contributed by atoms with E-state index < -0.39 is 35.1 Å². The molecule has 9 unspecified atom stereocenters. The molecule has 0 aromatic heterocycles. The largest absolute Gasteiger partial charge is 0.508 e. The lowest BCUT2D eigenvalue weighted by Crippen LogP contribution is -2.62. The van der Waals surface area contributed by atoms with Crippen LogP contribution >= 0.6 is 0 Å². The zero-order valence-electron chi connectivity index (χ0n) is 45.2. The number of esters is 2. The summed E-state index contributed by atoms with van der Waals surface area (Å²) < 4.78 is 30.8. The zero-order chi connectivity index (χ0) is 54.3. The van der Waals surface area contributed by atoms with Crippen molar-refractivity contribution in [1.82, 2.24) is 5.32 Å². The molecule has 5 aliphatic rings. The number of aromatic hydroxyl groups is 3. The number of carbonyl (C=O) groups excluding carboxylic acids is 2. The Morgan fingerprint density at radius 3 is 2.32 bits per heavy atom. The van der Waals surface area contributed by atoms with E-state index in [-0.39, 0.29) is 59.2 Å². The molecule has 0 saturated heterocycles. The van der Waals surface area contributed by atoms with Gasteiger partial charge in [0.1, 0.15) is 18.0 Å². The van der Waals surface area contributed by atoms with Crippen molar-refractivity contribution in [3.63, 3.8) is 0 Å². The molecule has 78 heavy (non-hydrogen) atoms. The first-order valence-electron chi connectivity index (χ1n) is 28.1. The highest BCUT2D eigenvalue weighted by atomic mass is 16.6. The van der Waals surface area contributed by atoms with Crippen molar-refractivity contribution in [3.05, 3.63) is 154 Å². The van der Waals surface area contributed by atoms with E-state index >= 15 is 4.79 Å². The number of fused-ring (bicyclic) bond motifs is 5. The van der Waals surface area contributed by atoms with Crippen molar-refractivity contribution in [2.75, 3.05) is 34.0 Å². The normalized spacial score (nSPS) is 25.8. The maximum Gasteiger partial charge on any atom is 0.316 e. The van der Waals surface area contributed by atoms with Crippen LogP contribution in [0.1, 0.15) is 116 Å². The number of nitrogens with one attached hydrogen (secondary N) is 1. The molecule has 408 valence electrons. The molecule has 6 aromatic rings. The molecule has 0 bridgehead atoms. The summed E-state index contributed by atoms with van der Waals surface area (Å²) in [6.45, 7) is 6.36. The fourth-order valence-electron chi connectivity index (χ4n) is 15.1. The Balaban J connectivity index is 1.03. The van der Waals surface area contributed by atoms with Gasteiger partial charge in [-0.15, -0.1) is 0 Å². The number of rotatable bonds is 16. The number of allylic oxidation sites excluding steroid dienone is 1. The van der Waals surface area contributed by atoms with Gasteiger partial charge in [0.05, 0.1) is 25.7 Å². The van der Waals surface area contributed by atoms with Gasteiger partial charge in [0.25, 0.3) is 0 Å². The standard InChI is InChI=1S/C66H73NO11/c1-5-76-24-12-23-67-38-41-15-11-16-42(25-41)50-32-47(69)26-43-17-18-46(31-49(43)50)65(20-9-10-21-65)64(73)78-48-33-53-51-36-62(75-4)58(71)29-44(51)27-54-57(70)37-55-52-35-59(72)61(74-3)30-45(52)28-56(60(34-48)77-39(2)68)66(55,63(53)54)22-19-40-13-7-6-8-14-40/h6-8,11,13-19,22,25-26,29-32,35-36,48,53-57,60,63,67,69-72H,5,9-10,12,20-21,23-24,27-28,33-34,37-38H2,1-4H3. The van der Waals surface area contributed by atoms with Gasteiger partial charge in [0.15, 0.2) is 23.0 Å². The smallest absolute Gasteiger partial charge is 0.316 e. The van der Waals surface area contributed by atoms with Crippen molar-refractivity contribution >= 4 is 28.8 Å². The van der Waals surface area contributed by atoms with Gasteiger partial charge in [-0.2, -0.15) is 0 Å². The van der Waals surface area contributed by atoms with Gasteiger partial charge in [-0.25, -0.2) is 0 Å². The molecule has 5 N–H and O–H groups in total. The number of phenols is 3. The molecule has 11 rings (SSSR count). The summed E-state index contributed by atoms with van der Waals surface area (Å²) in [6.07, 6.45) is 7.79. The maximum absolute atomic E-state index is 15.8. The third kappa shape index (κ3) is 9.78. The monoisotopic (exact) mass is 1060 g/mol. The molecule has 3 fully saturated rings. The molecule has 6 aromatic carbocycles. The molecule has 0 aliphatic heterocycles. The number of methoxy groups -OCH3 is 2. The fourth-order valence-corrected chi connectivity index (χ4v) is 15.1. The van der Waals surface area contributed by atoms with Crippen LogP contribution in [0, 0.1) is 23.2 Å². The van der Waals surface area contributed by atoms with Gasteiger partial charge in [-0.05, 0) is 191 Å². The predicted octanol–water partition coefficient (Wildman–Crippen LogP) is 11.6. The number of benzene rings is 6. The van der Waals surface area contributed by atoms with Crippen molar-refractivity contribution < 1.29 is 53.7 Å². The van der Waals surface area contributed by atoms with Gasteiger partial charge in [0, 0.05) is 44.4 Å². The number of phenolic OH excluding ortho intramolecular Hbond substituents is 3. The van der Waals surface area contributed by atoms with Crippen LogP contribution in [-0.2, 0) is 48.6 Å². The number of aliphatic hydroxyl groups is 1. The minimum atomic E-state index is -0.992. The van der Waals surface area contributed by atoms with Crippen LogP contribution < -0.4 is 14.8 Å². The first-order valence-corrected chi connectivity index (χ1v) is 28.1. The quantitative estimate of drug-likeness (QED) is 0.0459. The maximum atomic E-state index is 15.8. The third-order valence-electron chi connectivity index (χ3n) is 18.4. The summed E-state index contributed by atoms with van der Waals surface area (Å²) in [5, 5.41) is 52.0. The molecule has 3 saturated carbocycles. The second kappa shape index (κ2) is 22.1. The second-order valence-electron chi connectivity index (χ2n) is 22.6. The zero-order valence-corrected chi connectivity index (χ0v) is 45.2. The van der Waals surface area contributed by atoms with Crippen LogP contribution in [-0.4, -0.2) is 84.7 Å². The summed E-state index contributed by atoms with van der Waals surface area (Å²) in [4.78, 5) is 29.5. The molecule has 0 radical (unpaired) electrons. The topological polar surface area (TPSA) is 173 Å². The van der Waals surface area contributed by atoms with E-state index in [4.69, 9.17) is 23.7 Å². The minimum Gasteiger partial charge on any atom is -0.508 e. The highest BCUT2D eigenvalue weighted by Gasteiger charge is 2.65. The van der Waals surface area contributed by atoms with E-state index in [1.165, 1.54) is 14.0 Å². The lowest BCUT2D eigenvalue weighted by Gasteiger charge is -2.64. The molecule has 0 amide bonds. The Bertz CT molecular complexity index is 3220. The molecule has 12 nitrogen and oxygen atoms in total. The summed E-state index contributed by atoms with van der Waals surface area (Å²) in [5.41, 5.74) is 6.73. The number of carbonyl (C=O) groups is 2. The van der Waals surface area contributed by atoms with Gasteiger partial charge in [-0.3, -0.25) is 9.59 Å². The summed E-state index contributed by atoms with van der Waals surface area (Å²) in [5.74, 6) is -1.61. The molecule has 0 spiro atoms. The Morgan fingerprint density at radius 2 is 1.55 bits per heavy atom. The predicted molar refractivity (Wildman–Crippen MR) is 300 cm³/mol. The second-order valence-corrected chi connectivity index (χ2v) is 22.6. The summed E-state index contributed by atoms with van der Waals surface area (Å²) in [6, 6.07) is 35.6. The molecule has 0 heterocycles. The summed E-state index contributed by atoms with van der Waals surface area (Å²) >= 11 is 0. The average molecular weight is 1060 g/mol. The third-order valence-corrected chi connectivity index (χ3v) is 18.4. The van der Waals surface area contributed by atoms with E-state index in [1.54, 1.807) is 31.4 Å². The van der Waals surface area contributed by atoms with Crippen LogP contribution in [0.4, 0.5) is 0 Å². The number of aliphatic hydroxyl groups excluding tert-OH is 1. The minimum absolute atomic E-state index is 0.0114. The van der Waals surface area contributed by atoms with E-state index in [0.717, 1.165) is 86.7 Å². The van der Waals surface area contributed by atoms with E-state index in [9.17, 15) is 25.2 Å². The van der Waals surface area contributed by atoms with E-state index in [0.29, 0.717) is 69.8 Å². The lowest BCUT2D eigenvalue weighted by atomic mass is 9.40. The first kappa shape index (κ1) is 53.2. The van der Waals surface area contributed by atoms with Crippen molar-refractivity contribution in [2.24, 2.45) is 23.2 Å². The summed E-state index contributed by atoms with van der Waals surface area (Å²) in [7, 11) is 3.07. The highest BCUT2D eigenvalue weighted by Crippen LogP contribution is 2.70. The Kier molecular flexibility index (Phi) is 15.1. The van der Waals surface area contributed by atoms with Crippen LogP contribution in [0.3, 0.4) is 0 Å². The van der Waals surface area contributed by atoms with Crippen molar-refractivity contribution in [3.8, 4) is 39.9 Å². The van der Waals surface area contributed by atoms with E-state index in [1.807, 2.05) is 55.5 Å². The highest BCUT2D eigenvalue weighted by molar-refractivity contribution is 5.99. The van der Waals surface area contributed by atoms with Crippen LogP contribution in [0.25, 0.3) is 28.0 Å². The van der Waals surface area contributed by atoms with Crippen LogP contribution in [0.2, 0.25) is 0 Å². The average Bonchev–Trinajstić information content (AvgIpc) is 4.00. The first-order chi connectivity index (χ1) is 37.8. The Morgan fingerprint density at radius 1 is 0.782 bits per heavy atom. The Hall–Kier alpha value is -6.86.